The lowest BCUT2D eigenvalue weighted by Crippen LogP contribution is -2.42. The molecule has 0 aromatic carbocycles. The Morgan fingerprint density at radius 1 is 1.53 bits per heavy atom. The molecule has 1 saturated heterocycles. The van der Waals surface area contributed by atoms with E-state index in [-0.39, 0.29) is 6.10 Å². The summed E-state index contributed by atoms with van der Waals surface area (Å²) in [5.74, 6) is -0.337. The first-order valence-corrected chi connectivity index (χ1v) is 6.95. The average Bonchev–Trinajstić information content (AvgIpc) is 3.14. The van der Waals surface area contributed by atoms with Crippen LogP contribution in [0.2, 0.25) is 5.15 Å². The molecule has 0 spiro atoms. The minimum atomic E-state index is -0.795. The average molecular weight is 282 g/mol. The number of pyridine rings is 1. The number of nitrogens with zero attached hydrogens (tertiary/aromatic N) is 1. The Labute approximate surface area is 116 Å². The summed E-state index contributed by atoms with van der Waals surface area (Å²) in [6, 6.07) is 3.55. The van der Waals surface area contributed by atoms with Gasteiger partial charge in [-0.05, 0) is 43.2 Å². The molecule has 1 aliphatic heterocycles. The van der Waals surface area contributed by atoms with Gasteiger partial charge in [-0.3, -0.25) is 4.79 Å². The van der Waals surface area contributed by atoms with E-state index in [1.807, 2.05) is 6.07 Å². The van der Waals surface area contributed by atoms with Gasteiger partial charge in [0.15, 0.2) is 0 Å². The summed E-state index contributed by atoms with van der Waals surface area (Å²) in [4.78, 5) is 15.8. The van der Waals surface area contributed by atoms with Gasteiger partial charge in [0.1, 0.15) is 10.6 Å². The third kappa shape index (κ3) is 2.35. The Hall–Kier alpha value is -1.13. The van der Waals surface area contributed by atoms with E-state index in [1.54, 1.807) is 12.3 Å². The van der Waals surface area contributed by atoms with Gasteiger partial charge in [0, 0.05) is 12.8 Å². The van der Waals surface area contributed by atoms with Crippen molar-refractivity contribution in [3.05, 3.63) is 29.0 Å². The molecule has 0 amide bonds. The Bertz CT molecular complexity index is 486. The second-order valence-corrected chi connectivity index (χ2v) is 5.89. The topological polar surface area (TPSA) is 59.4 Å². The fraction of sp³-hybridized carbons (Fsp3) is 0.571. The number of aromatic nitrogens is 1. The highest BCUT2D eigenvalue weighted by molar-refractivity contribution is 6.29. The number of ether oxygens (including phenoxy) is 1. The van der Waals surface area contributed by atoms with Gasteiger partial charge in [-0.15, -0.1) is 0 Å². The van der Waals surface area contributed by atoms with Crippen molar-refractivity contribution in [3.63, 3.8) is 0 Å². The van der Waals surface area contributed by atoms with Crippen LogP contribution in [0.4, 0.5) is 0 Å². The molecule has 2 fully saturated rings. The summed E-state index contributed by atoms with van der Waals surface area (Å²) in [5.41, 5.74) is 0.111. The van der Waals surface area contributed by atoms with Crippen LogP contribution in [0.1, 0.15) is 24.8 Å². The number of rotatable bonds is 4. The predicted molar refractivity (Wildman–Crippen MR) is 70.1 cm³/mol. The molecule has 19 heavy (non-hydrogen) atoms. The molecular formula is C14H16ClNO3. The number of aliphatic carboxylic acids is 1. The molecule has 2 heterocycles. The van der Waals surface area contributed by atoms with Crippen LogP contribution >= 0.6 is 11.6 Å². The fourth-order valence-electron chi connectivity index (χ4n) is 3.02. The molecule has 2 aliphatic rings. The first-order valence-electron chi connectivity index (χ1n) is 6.57. The summed E-state index contributed by atoms with van der Waals surface area (Å²) in [6.45, 7) is 0.536. The highest BCUT2D eigenvalue weighted by Crippen LogP contribution is 2.49. The number of halogens is 1. The Balaban J connectivity index is 1.87. The van der Waals surface area contributed by atoms with Crippen LogP contribution < -0.4 is 0 Å². The number of carboxylic acids is 1. The maximum absolute atomic E-state index is 11.8. The minimum absolute atomic E-state index is 0.152. The molecule has 102 valence electrons. The van der Waals surface area contributed by atoms with E-state index < -0.39 is 11.4 Å². The van der Waals surface area contributed by atoms with Gasteiger partial charge < -0.3 is 9.84 Å². The molecule has 0 radical (unpaired) electrons. The van der Waals surface area contributed by atoms with Crippen molar-refractivity contribution in [3.8, 4) is 0 Å². The molecule has 1 aromatic heterocycles. The van der Waals surface area contributed by atoms with Crippen molar-refractivity contribution in [1.82, 2.24) is 4.98 Å². The van der Waals surface area contributed by atoms with E-state index in [0.717, 1.165) is 18.4 Å². The molecule has 3 rings (SSSR count). The molecule has 5 heteroatoms. The maximum atomic E-state index is 11.8. The lowest BCUT2D eigenvalue weighted by Gasteiger charge is -2.30. The van der Waals surface area contributed by atoms with Crippen LogP contribution in [0.25, 0.3) is 0 Å². The van der Waals surface area contributed by atoms with Crippen LogP contribution in [0.15, 0.2) is 18.3 Å². The summed E-state index contributed by atoms with van der Waals surface area (Å²) < 4.78 is 5.72. The monoisotopic (exact) mass is 281 g/mol. The van der Waals surface area contributed by atoms with E-state index in [4.69, 9.17) is 16.3 Å². The maximum Gasteiger partial charge on any atom is 0.312 e. The molecule has 4 nitrogen and oxygen atoms in total. The molecule has 0 bridgehead atoms. The van der Waals surface area contributed by atoms with Gasteiger partial charge in [-0.25, -0.2) is 4.98 Å². The third-order valence-electron chi connectivity index (χ3n) is 4.17. The van der Waals surface area contributed by atoms with Crippen molar-refractivity contribution in [2.24, 2.45) is 11.3 Å². The lowest BCUT2D eigenvalue weighted by molar-refractivity contribution is -0.153. The zero-order valence-electron chi connectivity index (χ0n) is 10.5. The first-order chi connectivity index (χ1) is 9.12. The lowest BCUT2D eigenvalue weighted by atomic mass is 9.74. The highest BCUT2D eigenvalue weighted by atomic mass is 35.5. The van der Waals surface area contributed by atoms with E-state index in [2.05, 4.69) is 4.98 Å². The van der Waals surface area contributed by atoms with Crippen LogP contribution in [-0.4, -0.2) is 28.8 Å². The van der Waals surface area contributed by atoms with Crippen molar-refractivity contribution in [2.45, 2.75) is 31.8 Å². The Kier molecular flexibility index (Phi) is 3.23. The van der Waals surface area contributed by atoms with Gasteiger partial charge in [0.2, 0.25) is 0 Å². The van der Waals surface area contributed by atoms with Crippen LogP contribution in [0, 0.1) is 11.3 Å². The molecule has 1 saturated carbocycles. The van der Waals surface area contributed by atoms with Gasteiger partial charge in [0.25, 0.3) is 0 Å². The summed E-state index contributed by atoms with van der Waals surface area (Å²) in [5, 5.41) is 10.1. The highest BCUT2D eigenvalue weighted by Gasteiger charge is 2.55. The van der Waals surface area contributed by atoms with Crippen molar-refractivity contribution in [1.29, 1.82) is 0 Å². The quantitative estimate of drug-likeness (QED) is 0.862. The minimum Gasteiger partial charge on any atom is -0.481 e. The second kappa shape index (κ2) is 4.76. The standard InChI is InChI=1S/C14H16ClNO3/c15-11-4-1-9(8-16-11)7-14(13(17)18)5-6-19-12(14)10-2-3-10/h1,4,8,10,12H,2-3,5-7H2,(H,17,18). The fourth-order valence-corrected chi connectivity index (χ4v) is 3.14. The zero-order chi connectivity index (χ0) is 13.5. The Morgan fingerprint density at radius 3 is 2.89 bits per heavy atom. The van der Waals surface area contributed by atoms with Gasteiger partial charge >= 0.3 is 5.97 Å². The normalized spacial score (nSPS) is 30.5. The number of hydrogen-bond acceptors (Lipinski definition) is 3. The zero-order valence-corrected chi connectivity index (χ0v) is 11.3. The van der Waals surface area contributed by atoms with Gasteiger partial charge in [-0.2, -0.15) is 0 Å². The molecule has 1 aliphatic carbocycles. The molecule has 1 aromatic rings. The molecular weight excluding hydrogens is 266 g/mol. The number of hydrogen-bond donors (Lipinski definition) is 1. The van der Waals surface area contributed by atoms with Crippen LogP contribution in [0.5, 0.6) is 0 Å². The second-order valence-electron chi connectivity index (χ2n) is 5.51. The summed E-state index contributed by atoms with van der Waals surface area (Å²) in [6.07, 6.45) is 4.72. The van der Waals surface area contributed by atoms with Gasteiger partial charge in [-0.1, -0.05) is 17.7 Å². The molecule has 2 atom stereocenters. The van der Waals surface area contributed by atoms with Crippen molar-refractivity contribution < 1.29 is 14.6 Å². The van der Waals surface area contributed by atoms with E-state index in [0.29, 0.717) is 30.5 Å². The van der Waals surface area contributed by atoms with E-state index >= 15 is 0 Å². The summed E-state index contributed by atoms with van der Waals surface area (Å²) in [7, 11) is 0. The SMILES string of the molecule is O=C(O)C1(Cc2ccc(Cl)nc2)CCOC1C1CC1. The number of carbonyl (C=O) groups is 1. The summed E-state index contributed by atoms with van der Waals surface area (Å²) >= 11 is 5.76. The van der Waals surface area contributed by atoms with Crippen molar-refractivity contribution in [2.75, 3.05) is 6.61 Å². The third-order valence-corrected chi connectivity index (χ3v) is 4.40. The van der Waals surface area contributed by atoms with Crippen LogP contribution in [-0.2, 0) is 16.0 Å². The smallest absolute Gasteiger partial charge is 0.312 e. The van der Waals surface area contributed by atoms with Crippen LogP contribution in [0.3, 0.4) is 0 Å². The number of carboxylic acid groups (broad SMARTS) is 1. The first kappa shape index (κ1) is 12.9. The largest absolute Gasteiger partial charge is 0.481 e. The molecule has 2 unspecified atom stereocenters. The van der Waals surface area contributed by atoms with Crippen molar-refractivity contribution >= 4 is 17.6 Å². The molecule has 1 N–H and O–H groups in total. The Morgan fingerprint density at radius 2 is 2.32 bits per heavy atom. The van der Waals surface area contributed by atoms with E-state index in [1.165, 1.54) is 0 Å². The predicted octanol–water partition coefficient (Wildman–Crippen LogP) is 2.55. The van der Waals surface area contributed by atoms with Gasteiger partial charge in [0.05, 0.1) is 6.10 Å². The van der Waals surface area contributed by atoms with E-state index in [9.17, 15) is 9.90 Å².